The molecule has 2 rings (SSSR count). The molecule has 0 spiro atoms. The van der Waals surface area contributed by atoms with E-state index in [1.54, 1.807) is 11.0 Å². The standard InChI is InChI=1S/C14H19Cl2N3O3S/c1-10(2)17-14(20)18-6-8-19(9-7-18)23(21,22)12-5-3-4-11(15)13(12)16/h3-5,10H,6-9H2,1-2H3,(H,17,20). The number of carbonyl (C=O) groups excluding carboxylic acids is 1. The molecule has 0 bridgehead atoms. The summed E-state index contributed by atoms with van der Waals surface area (Å²) in [5, 5.41) is 3.01. The molecule has 1 heterocycles. The Morgan fingerprint density at radius 2 is 1.78 bits per heavy atom. The normalized spacial score (nSPS) is 16.7. The van der Waals surface area contributed by atoms with E-state index in [0.29, 0.717) is 13.1 Å². The molecule has 1 fully saturated rings. The quantitative estimate of drug-likeness (QED) is 0.876. The topological polar surface area (TPSA) is 69.7 Å². The Hall–Kier alpha value is -1.02. The minimum absolute atomic E-state index is 0.00764. The summed E-state index contributed by atoms with van der Waals surface area (Å²) < 4.78 is 26.7. The first-order chi connectivity index (χ1) is 10.7. The van der Waals surface area contributed by atoms with E-state index in [0.717, 1.165) is 0 Å². The first-order valence-corrected chi connectivity index (χ1v) is 9.42. The van der Waals surface area contributed by atoms with Gasteiger partial charge in [0.05, 0.1) is 10.0 Å². The van der Waals surface area contributed by atoms with Gasteiger partial charge in [0, 0.05) is 32.2 Å². The molecule has 0 atom stereocenters. The average molecular weight is 380 g/mol. The van der Waals surface area contributed by atoms with Crippen molar-refractivity contribution >= 4 is 39.3 Å². The number of nitrogens with one attached hydrogen (secondary N) is 1. The third kappa shape index (κ3) is 4.09. The largest absolute Gasteiger partial charge is 0.336 e. The molecule has 1 aromatic carbocycles. The SMILES string of the molecule is CC(C)NC(=O)N1CCN(S(=O)(=O)c2cccc(Cl)c2Cl)CC1. The van der Waals surface area contributed by atoms with Gasteiger partial charge in [-0.1, -0.05) is 29.3 Å². The first-order valence-electron chi connectivity index (χ1n) is 7.23. The Bertz CT molecular complexity index is 687. The minimum Gasteiger partial charge on any atom is -0.336 e. The molecule has 23 heavy (non-hydrogen) atoms. The summed E-state index contributed by atoms with van der Waals surface area (Å²) >= 11 is 11.9. The van der Waals surface area contributed by atoms with E-state index in [-0.39, 0.29) is 40.1 Å². The summed E-state index contributed by atoms with van der Waals surface area (Å²) in [6.07, 6.45) is 0. The zero-order valence-electron chi connectivity index (χ0n) is 12.9. The predicted molar refractivity (Wildman–Crippen MR) is 90.5 cm³/mol. The number of hydrogen-bond acceptors (Lipinski definition) is 3. The van der Waals surface area contributed by atoms with Crippen LogP contribution >= 0.6 is 23.2 Å². The molecule has 2 amide bonds. The molecule has 1 aliphatic heterocycles. The van der Waals surface area contributed by atoms with Gasteiger partial charge in [-0.2, -0.15) is 4.31 Å². The van der Waals surface area contributed by atoms with Gasteiger partial charge in [0.15, 0.2) is 0 Å². The highest BCUT2D eigenvalue weighted by Crippen LogP contribution is 2.31. The van der Waals surface area contributed by atoms with Crippen LogP contribution in [0.3, 0.4) is 0 Å². The fraction of sp³-hybridized carbons (Fsp3) is 0.500. The van der Waals surface area contributed by atoms with E-state index in [9.17, 15) is 13.2 Å². The van der Waals surface area contributed by atoms with Gasteiger partial charge in [-0.05, 0) is 26.0 Å². The zero-order valence-corrected chi connectivity index (χ0v) is 15.2. The van der Waals surface area contributed by atoms with Gasteiger partial charge in [0.1, 0.15) is 4.90 Å². The molecule has 0 aliphatic carbocycles. The molecule has 0 radical (unpaired) electrons. The van der Waals surface area contributed by atoms with Crippen LogP contribution in [-0.4, -0.2) is 55.9 Å². The maximum absolute atomic E-state index is 12.7. The molecule has 1 aromatic rings. The van der Waals surface area contributed by atoms with Crippen molar-refractivity contribution < 1.29 is 13.2 Å². The number of rotatable bonds is 3. The second-order valence-corrected chi connectivity index (χ2v) is 8.24. The Labute approximate surface area is 146 Å². The van der Waals surface area contributed by atoms with Crippen LogP contribution in [-0.2, 0) is 10.0 Å². The lowest BCUT2D eigenvalue weighted by atomic mass is 10.3. The number of sulfonamides is 1. The second-order valence-electron chi connectivity index (χ2n) is 5.55. The Kier molecular flexibility index (Phi) is 5.78. The molecule has 1 aliphatic rings. The molecule has 9 heteroatoms. The summed E-state index contributed by atoms with van der Waals surface area (Å²) in [6, 6.07) is 4.37. The number of hydrogen-bond donors (Lipinski definition) is 1. The number of carbonyl (C=O) groups is 1. The van der Waals surface area contributed by atoms with E-state index in [1.165, 1.54) is 16.4 Å². The van der Waals surface area contributed by atoms with Crippen molar-refractivity contribution in [2.75, 3.05) is 26.2 Å². The highest BCUT2D eigenvalue weighted by Gasteiger charge is 2.31. The highest BCUT2D eigenvalue weighted by atomic mass is 35.5. The van der Waals surface area contributed by atoms with Gasteiger partial charge in [0.25, 0.3) is 0 Å². The molecule has 0 unspecified atom stereocenters. The number of nitrogens with zero attached hydrogens (tertiary/aromatic N) is 2. The van der Waals surface area contributed by atoms with Crippen LogP contribution in [0.5, 0.6) is 0 Å². The lowest BCUT2D eigenvalue weighted by molar-refractivity contribution is 0.170. The van der Waals surface area contributed by atoms with Crippen LogP contribution < -0.4 is 5.32 Å². The van der Waals surface area contributed by atoms with E-state index in [1.807, 2.05) is 13.8 Å². The van der Waals surface area contributed by atoms with Crippen molar-refractivity contribution in [1.29, 1.82) is 0 Å². The molecule has 1 saturated heterocycles. The number of piperazine rings is 1. The molecular weight excluding hydrogens is 361 g/mol. The Morgan fingerprint density at radius 3 is 2.35 bits per heavy atom. The molecule has 1 N–H and O–H groups in total. The van der Waals surface area contributed by atoms with E-state index in [2.05, 4.69) is 5.32 Å². The molecule has 6 nitrogen and oxygen atoms in total. The summed E-state index contributed by atoms with van der Waals surface area (Å²) in [5.74, 6) is 0. The van der Waals surface area contributed by atoms with Gasteiger partial charge in [-0.15, -0.1) is 0 Å². The molecular formula is C14H19Cl2N3O3S. The zero-order chi connectivity index (χ0) is 17.2. The van der Waals surface area contributed by atoms with E-state index in [4.69, 9.17) is 23.2 Å². The third-order valence-corrected chi connectivity index (χ3v) is 6.34. The van der Waals surface area contributed by atoms with Gasteiger partial charge >= 0.3 is 6.03 Å². The number of urea groups is 1. The van der Waals surface area contributed by atoms with Gasteiger partial charge in [-0.3, -0.25) is 0 Å². The van der Waals surface area contributed by atoms with Crippen molar-refractivity contribution in [3.63, 3.8) is 0 Å². The molecule has 0 aromatic heterocycles. The monoisotopic (exact) mass is 379 g/mol. The van der Waals surface area contributed by atoms with Crippen molar-refractivity contribution in [3.8, 4) is 0 Å². The van der Waals surface area contributed by atoms with Gasteiger partial charge in [-0.25, -0.2) is 13.2 Å². The van der Waals surface area contributed by atoms with Gasteiger partial charge in [0.2, 0.25) is 10.0 Å². The lowest BCUT2D eigenvalue weighted by Gasteiger charge is -2.34. The fourth-order valence-electron chi connectivity index (χ4n) is 2.29. The maximum atomic E-state index is 12.7. The maximum Gasteiger partial charge on any atom is 0.317 e. The third-order valence-electron chi connectivity index (χ3n) is 3.47. The summed E-state index contributed by atoms with van der Waals surface area (Å²) in [6.45, 7) is 4.85. The number of amides is 2. The number of benzene rings is 1. The highest BCUT2D eigenvalue weighted by molar-refractivity contribution is 7.89. The number of halogens is 2. The van der Waals surface area contributed by atoms with Crippen LogP contribution in [0, 0.1) is 0 Å². The van der Waals surface area contributed by atoms with Crippen LogP contribution in [0.4, 0.5) is 4.79 Å². The minimum atomic E-state index is -3.73. The lowest BCUT2D eigenvalue weighted by Crippen LogP contribution is -2.53. The van der Waals surface area contributed by atoms with Crippen LogP contribution in [0.2, 0.25) is 10.0 Å². The predicted octanol–water partition coefficient (Wildman–Crippen LogP) is 2.42. The summed E-state index contributed by atoms with van der Waals surface area (Å²) in [7, 11) is -3.73. The molecule has 0 saturated carbocycles. The van der Waals surface area contributed by atoms with Crippen LogP contribution in [0.25, 0.3) is 0 Å². The second kappa shape index (κ2) is 7.25. The Balaban J connectivity index is 2.10. The van der Waals surface area contributed by atoms with Crippen molar-refractivity contribution in [3.05, 3.63) is 28.2 Å². The fourth-order valence-corrected chi connectivity index (χ4v) is 4.45. The first kappa shape index (κ1) is 18.3. The summed E-state index contributed by atoms with van der Waals surface area (Å²) in [4.78, 5) is 13.5. The van der Waals surface area contributed by atoms with Crippen molar-refractivity contribution in [2.24, 2.45) is 0 Å². The van der Waals surface area contributed by atoms with Gasteiger partial charge < -0.3 is 10.2 Å². The Morgan fingerprint density at radius 1 is 1.17 bits per heavy atom. The smallest absolute Gasteiger partial charge is 0.317 e. The van der Waals surface area contributed by atoms with E-state index < -0.39 is 10.0 Å². The molecule has 128 valence electrons. The van der Waals surface area contributed by atoms with Crippen LogP contribution in [0.15, 0.2) is 23.1 Å². The summed E-state index contributed by atoms with van der Waals surface area (Å²) in [5.41, 5.74) is 0. The van der Waals surface area contributed by atoms with Crippen LogP contribution in [0.1, 0.15) is 13.8 Å². The average Bonchev–Trinajstić information content (AvgIpc) is 2.49. The van der Waals surface area contributed by atoms with E-state index >= 15 is 0 Å². The van der Waals surface area contributed by atoms with Crippen molar-refractivity contribution in [2.45, 2.75) is 24.8 Å². The van der Waals surface area contributed by atoms with Crippen molar-refractivity contribution in [1.82, 2.24) is 14.5 Å².